The van der Waals surface area contributed by atoms with Crippen LogP contribution in [0.25, 0.3) is 0 Å². The molecule has 1 aliphatic heterocycles. The molecule has 4 nitrogen and oxygen atoms in total. The number of nitrogen functional groups attached to an aromatic ring is 1. The van der Waals surface area contributed by atoms with Gasteiger partial charge in [0.2, 0.25) is 0 Å². The summed E-state index contributed by atoms with van der Waals surface area (Å²) in [5.41, 5.74) is 7.59. The van der Waals surface area contributed by atoms with E-state index in [0.29, 0.717) is 0 Å². The molecule has 18 heavy (non-hydrogen) atoms. The topological polar surface area (TPSA) is 58.7 Å². The zero-order chi connectivity index (χ0) is 13.0. The van der Waals surface area contributed by atoms with Crippen molar-refractivity contribution in [1.82, 2.24) is 4.90 Å². The molecule has 0 aliphatic carbocycles. The average molecular weight is 250 g/mol. The molecule has 3 N–H and O–H groups in total. The van der Waals surface area contributed by atoms with Crippen LogP contribution in [-0.2, 0) is 0 Å². The van der Waals surface area contributed by atoms with Crippen LogP contribution in [0.2, 0.25) is 0 Å². The van der Waals surface area contributed by atoms with Gasteiger partial charge >= 0.3 is 0 Å². The highest BCUT2D eigenvalue weighted by molar-refractivity contribution is 5.47. The van der Waals surface area contributed by atoms with Gasteiger partial charge in [-0.25, -0.2) is 0 Å². The highest BCUT2D eigenvalue weighted by atomic mass is 16.5. The number of nitrogens with two attached hydrogens (primary N) is 1. The van der Waals surface area contributed by atoms with Gasteiger partial charge in [-0.1, -0.05) is 0 Å². The Balaban J connectivity index is 1.87. The summed E-state index contributed by atoms with van der Waals surface area (Å²) in [6.07, 6.45) is 2.32. The second kappa shape index (κ2) is 6.07. The summed E-state index contributed by atoms with van der Waals surface area (Å²) in [6, 6.07) is 5.77. The number of β-amino-alcohol motifs (C(OH)–C–C–N with tert-alkyl or cyclic N) is 1. The maximum Gasteiger partial charge on any atom is 0.122 e. The number of piperidine rings is 1. The van der Waals surface area contributed by atoms with Gasteiger partial charge in [0.05, 0.1) is 6.61 Å². The van der Waals surface area contributed by atoms with Crippen LogP contribution < -0.4 is 10.5 Å². The van der Waals surface area contributed by atoms with Crippen molar-refractivity contribution in [2.45, 2.75) is 25.9 Å². The summed E-state index contributed by atoms with van der Waals surface area (Å²) >= 11 is 0. The van der Waals surface area contributed by atoms with Gasteiger partial charge in [0.15, 0.2) is 0 Å². The number of nitrogens with zero attached hydrogens (tertiary/aromatic N) is 1. The molecule has 4 heteroatoms. The fourth-order valence-electron chi connectivity index (χ4n) is 2.38. The highest BCUT2D eigenvalue weighted by Gasteiger charge is 2.20. The zero-order valence-electron chi connectivity index (χ0n) is 10.9. The molecule has 0 bridgehead atoms. The fraction of sp³-hybridized carbons (Fsp3) is 0.571. The molecule has 1 aliphatic rings. The Kier molecular flexibility index (Phi) is 4.44. The number of benzene rings is 1. The number of anilines is 1. The quantitative estimate of drug-likeness (QED) is 0.793. The highest BCUT2D eigenvalue weighted by Crippen LogP contribution is 2.24. The maximum absolute atomic E-state index is 8.90. The zero-order valence-corrected chi connectivity index (χ0v) is 10.9. The summed E-state index contributed by atoms with van der Waals surface area (Å²) in [5, 5.41) is 8.90. The monoisotopic (exact) mass is 250 g/mol. The van der Waals surface area contributed by atoms with E-state index in [9.17, 15) is 0 Å². The van der Waals surface area contributed by atoms with Crippen molar-refractivity contribution in [3.05, 3.63) is 23.8 Å². The minimum absolute atomic E-state index is 0.239. The second-order valence-electron chi connectivity index (χ2n) is 4.91. The summed E-state index contributed by atoms with van der Waals surface area (Å²) in [5.74, 6) is 0.935. The molecule has 0 radical (unpaired) electrons. The van der Waals surface area contributed by atoms with Gasteiger partial charge in [-0.05, 0) is 43.5 Å². The molecule has 1 aromatic rings. The van der Waals surface area contributed by atoms with E-state index >= 15 is 0 Å². The first kappa shape index (κ1) is 13.2. The summed E-state index contributed by atoms with van der Waals surface area (Å²) < 4.78 is 6.02. The predicted octanol–water partition coefficient (Wildman–Crippen LogP) is 1.41. The maximum atomic E-state index is 8.90. The van der Waals surface area contributed by atoms with Gasteiger partial charge in [0.1, 0.15) is 11.9 Å². The molecule has 1 saturated heterocycles. The van der Waals surface area contributed by atoms with Crippen molar-refractivity contribution in [2.24, 2.45) is 0 Å². The third-order valence-corrected chi connectivity index (χ3v) is 3.44. The molecule has 0 atom stereocenters. The van der Waals surface area contributed by atoms with Gasteiger partial charge in [-0.15, -0.1) is 0 Å². The van der Waals surface area contributed by atoms with Gasteiger partial charge in [0.25, 0.3) is 0 Å². The van der Waals surface area contributed by atoms with Crippen molar-refractivity contribution >= 4 is 5.69 Å². The summed E-state index contributed by atoms with van der Waals surface area (Å²) in [7, 11) is 0. The Morgan fingerprint density at radius 1 is 1.39 bits per heavy atom. The molecule has 0 aromatic heterocycles. The Labute approximate surface area is 108 Å². The first-order valence-corrected chi connectivity index (χ1v) is 6.55. The second-order valence-corrected chi connectivity index (χ2v) is 4.91. The molecular weight excluding hydrogens is 228 g/mol. The predicted molar refractivity (Wildman–Crippen MR) is 72.8 cm³/mol. The number of hydrogen-bond acceptors (Lipinski definition) is 4. The van der Waals surface area contributed by atoms with Crippen LogP contribution in [0.4, 0.5) is 5.69 Å². The van der Waals surface area contributed by atoms with E-state index in [2.05, 4.69) is 4.90 Å². The Hall–Kier alpha value is -1.26. The van der Waals surface area contributed by atoms with Crippen LogP contribution in [0.5, 0.6) is 5.75 Å². The van der Waals surface area contributed by atoms with E-state index in [1.54, 1.807) is 0 Å². The van der Waals surface area contributed by atoms with Crippen LogP contribution in [0.1, 0.15) is 18.4 Å². The third-order valence-electron chi connectivity index (χ3n) is 3.44. The standard InChI is InChI=1S/C14H22N2O2/c1-11-10-12(15)2-3-14(11)18-13-4-6-16(7-5-13)8-9-17/h2-3,10,13,17H,4-9,15H2,1H3. The number of hydrogen-bond donors (Lipinski definition) is 2. The molecule has 2 rings (SSSR count). The molecule has 0 saturated carbocycles. The van der Waals surface area contributed by atoms with Crippen LogP contribution in [0, 0.1) is 6.92 Å². The van der Waals surface area contributed by atoms with Crippen molar-refractivity contribution in [3.63, 3.8) is 0 Å². The van der Waals surface area contributed by atoms with Crippen LogP contribution in [0.15, 0.2) is 18.2 Å². The Morgan fingerprint density at radius 3 is 2.72 bits per heavy atom. The molecule has 1 fully saturated rings. The van der Waals surface area contributed by atoms with Crippen molar-refractivity contribution in [2.75, 3.05) is 32.0 Å². The lowest BCUT2D eigenvalue weighted by Crippen LogP contribution is -2.39. The fourth-order valence-corrected chi connectivity index (χ4v) is 2.38. The van der Waals surface area contributed by atoms with E-state index in [0.717, 1.165) is 49.5 Å². The van der Waals surface area contributed by atoms with Gasteiger partial charge in [-0.2, -0.15) is 0 Å². The Morgan fingerprint density at radius 2 is 2.11 bits per heavy atom. The number of rotatable bonds is 4. The van der Waals surface area contributed by atoms with Gasteiger partial charge in [-0.3, -0.25) is 0 Å². The smallest absolute Gasteiger partial charge is 0.122 e. The molecule has 0 spiro atoms. The van der Waals surface area contributed by atoms with E-state index in [-0.39, 0.29) is 12.7 Å². The lowest BCUT2D eigenvalue weighted by molar-refractivity contribution is 0.0884. The summed E-state index contributed by atoms with van der Waals surface area (Å²) in [4.78, 5) is 2.27. The van der Waals surface area contributed by atoms with Crippen LogP contribution in [-0.4, -0.2) is 42.4 Å². The van der Waals surface area contributed by atoms with E-state index in [1.165, 1.54) is 0 Å². The minimum Gasteiger partial charge on any atom is -0.490 e. The number of aliphatic hydroxyl groups is 1. The number of aliphatic hydroxyl groups excluding tert-OH is 1. The van der Waals surface area contributed by atoms with E-state index in [4.69, 9.17) is 15.6 Å². The normalized spacial score (nSPS) is 17.9. The molecule has 0 amide bonds. The van der Waals surface area contributed by atoms with Crippen molar-refractivity contribution in [1.29, 1.82) is 0 Å². The van der Waals surface area contributed by atoms with Gasteiger partial charge in [0, 0.05) is 25.3 Å². The van der Waals surface area contributed by atoms with E-state index < -0.39 is 0 Å². The summed E-state index contributed by atoms with van der Waals surface area (Å²) in [6.45, 7) is 5.03. The molecule has 1 heterocycles. The minimum atomic E-state index is 0.239. The lowest BCUT2D eigenvalue weighted by atomic mass is 10.1. The van der Waals surface area contributed by atoms with Crippen LogP contribution >= 0.6 is 0 Å². The first-order chi connectivity index (χ1) is 8.69. The first-order valence-electron chi connectivity index (χ1n) is 6.55. The molecule has 1 aromatic carbocycles. The largest absolute Gasteiger partial charge is 0.490 e. The number of aryl methyl sites for hydroxylation is 1. The van der Waals surface area contributed by atoms with Crippen LogP contribution in [0.3, 0.4) is 0 Å². The van der Waals surface area contributed by atoms with Crippen molar-refractivity contribution in [3.8, 4) is 5.75 Å². The number of likely N-dealkylation sites (tertiary alicyclic amines) is 1. The number of ether oxygens (including phenoxy) is 1. The molecule has 100 valence electrons. The molecule has 0 unspecified atom stereocenters. The third kappa shape index (κ3) is 3.37. The average Bonchev–Trinajstić information content (AvgIpc) is 2.35. The van der Waals surface area contributed by atoms with Gasteiger partial charge < -0.3 is 20.5 Å². The SMILES string of the molecule is Cc1cc(N)ccc1OC1CCN(CCO)CC1. The molecular formula is C14H22N2O2. The van der Waals surface area contributed by atoms with E-state index in [1.807, 2.05) is 25.1 Å². The van der Waals surface area contributed by atoms with Crippen molar-refractivity contribution < 1.29 is 9.84 Å². The Bertz CT molecular complexity index is 387. The lowest BCUT2D eigenvalue weighted by Gasteiger charge is -2.31.